The van der Waals surface area contributed by atoms with Crippen LogP contribution in [0.15, 0.2) is 17.8 Å². The van der Waals surface area contributed by atoms with Gasteiger partial charge < -0.3 is 10.0 Å². The number of tetrazole rings is 1. The van der Waals surface area contributed by atoms with Gasteiger partial charge in [0.1, 0.15) is 11.2 Å². The molecule has 0 saturated heterocycles. The van der Waals surface area contributed by atoms with Crippen LogP contribution in [0.4, 0.5) is 0 Å². The summed E-state index contributed by atoms with van der Waals surface area (Å²) in [5.74, 6) is -0.118. The molecule has 0 aliphatic rings. The Bertz CT molecular complexity index is 510. The minimum absolute atomic E-state index is 0.0504. The second-order valence-corrected chi connectivity index (χ2v) is 4.41. The minimum atomic E-state index is -0.118. The van der Waals surface area contributed by atoms with Crippen LogP contribution in [0.2, 0.25) is 0 Å². The van der Waals surface area contributed by atoms with E-state index in [0.717, 1.165) is 0 Å². The Hall–Kier alpha value is -1.80. The van der Waals surface area contributed by atoms with Crippen LogP contribution in [0.5, 0.6) is 0 Å². The topological polar surface area (TPSA) is 84.1 Å². The third kappa shape index (κ3) is 2.39. The van der Waals surface area contributed by atoms with Gasteiger partial charge in [-0.05, 0) is 28.8 Å². The van der Waals surface area contributed by atoms with Crippen molar-refractivity contribution in [3.8, 4) is 5.69 Å². The Morgan fingerprint density at radius 1 is 1.61 bits per heavy atom. The van der Waals surface area contributed by atoms with E-state index in [9.17, 15) is 4.79 Å². The van der Waals surface area contributed by atoms with E-state index >= 15 is 0 Å². The number of aliphatic hydroxyl groups is 1. The van der Waals surface area contributed by atoms with Crippen molar-refractivity contribution in [3.63, 3.8) is 0 Å². The molecule has 0 aliphatic carbocycles. The summed E-state index contributed by atoms with van der Waals surface area (Å²) in [5, 5.41) is 21.6. The van der Waals surface area contributed by atoms with Crippen molar-refractivity contribution in [2.75, 3.05) is 19.7 Å². The number of carbonyl (C=O) groups excluding carboxylic acids is 1. The molecule has 1 amide bonds. The Labute approximate surface area is 108 Å². The van der Waals surface area contributed by atoms with Crippen molar-refractivity contribution >= 4 is 17.2 Å². The van der Waals surface area contributed by atoms with Crippen LogP contribution in [0, 0.1) is 0 Å². The second kappa shape index (κ2) is 5.69. The molecule has 0 atom stereocenters. The Morgan fingerprint density at radius 3 is 3.06 bits per heavy atom. The maximum Gasteiger partial charge on any atom is 0.266 e. The molecule has 0 bridgehead atoms. The lowest BCUT2D eigenvalue weighted by Crippen LogP contribution is -2.33. The molecule has 18 heavy (non-hydrogen) atoms. The first-order valence-corrected chi connectivity index (χ1v) is 6.37. The molecule has 7 nitrogen and oxygen atoms in total. The molecule has 2 aromatic rings. The molecule has 0 aliphatic heterocycles. The first-order chi connectivity index (χ1) is 8.77. The summed E-state index contributed by atoms with van der Waals surface area (Å²) < 4.78 is 1.45. The molecule has 2 aromatic heterocycles. The highest BCUT2D eigenvalue weighted by molar-refractivity contribution is 7.12. The van der Waals surface area contributed by atoms with Gasteiger partial charge in [-0.15, -0.1) is 16.4 Å². The number of aliphatic hydroxyl groups excluding tert-OH is 1. The molecule has 2 heterocycles. The number of likely N-dealkylation sites (N-methyl/N-ethyl adjacent to an activating group) is 1. The number of hydrogen-bond donors (Lipinski definition) is 1. The largest absolute Gasteiger partial charge is 0.395 e. The summed E-state index contributed by atoms with van der Waals surface area (Å²) in [5.41, 5.74) is 0.659. The summed E-state index contributed by atoms with van der Waals surface area (Å²) in [4.78, 5) is 14.4. The number of thiophene rings is 1. The van der Waals surface area contributed by atoms with Crippen molar-refractivity contribution in [2.45, 2.75) is 6.92 Å². The second-order valence-electron chi connectivity index (χ2n) is 3.50. The first kappa shape index (κ1) is 12.7. The van der Waals surface area contributed by atoms with E-state index < -0.39 is 0 Å². The quantitative estimate of drug-likeness (QED) is 0.835. The fraction of sp³-hybridized carbons (Fsp3) is 0.400. The molecular weight excluding hydrogens is 254 g/mol. The van der Waals surface area contributed by atoms with Gasteiger partial charge in [0.2, 0.25) is 0 Å². The highest BCUT2D eigenvalue weighted by Crippen LogP contribution is 2.21. The number of hydrogen-bond acceptors (Lipinski definition) is 6. The SMILES string of the molecule is CCN(CCO)C(=O)c1sccc1-n1cnnn1. The van der Waals surface area contributed by atoms with Gasteiger partial charge in [0.05, 0.1) is 12.3 Å². The highest BCUT2D eigenvalue weighted by atomic mass is 32.1. The fourth-order valence-electron chi connectivity index (χ4n) is 1.58. The van der Waals surface area contributed by atoms with Gasteiger partial charge in [-0.3, -0.25) is 4.79 Å². The molecule has 0 saturated carbocycles. The van der Waals surface area contributed by atoms with Crippen LogP contribution in [-0.4, -0.2) is 55.8 Å². The molecular formula is C10H13N5O2S. The zero-order valence-electron chi connectivity index (χ0n) is 9.85. The van der Waals surface area contributed by atoms with Gasteiger partial charge >= 0.3 is 0 Å². The molecule has 2 rings (SSSR count). The number of amides is 1. The fourth-order valence-corrected chi connectivity index (χ4v) is 2.43. The van der Waals surface area contributed by atoms with E-state index in [4.69, 9.17) is 5.11 Å². The molecule has 1 N–H and O–H groups in total. The normalized spacial score (nSPS) is 10.6. The zero-order valence-corrected chi connectivity index (χ0v) is 10.7. The summed E-state index contributed by atoms with van der Waals surface area (Å²) in [6.07, 6.45) is 1.45. The van der Waals surface area contributed by atoms with Gasteiger partial charge in [0.25, 0.3) is 5.91 Å². The van der Waals surface area contributed by atoms with Crippen LogP contribution in [0.25, 0.3) is 5.69 Å². The molecule has 0 fully saturated rings. The average molecular weight is 267 g/mol. The molecule has 96 valence electrons. The van der Waals surface area contributed by atoms with E-state index in [1.165, 1.54) is 22.3 Å². The van der Waals surface area contributed by atoms with E-state index in [1.807, 2.05) is 12.3 Å². The molecule has 0 radical (unpaired) electrons. The lowest BCUT2D eigenvalue weighted by Gasteiger charge is -2.19. The van der Waals surface area contributed by atoms with Crippen LogP contribution >= 0.6 is 11.3 Å². The van der Waals surface area contributed by atoms with Crippen molar-refractivity contribution in [3.05, 3.63) is 22.7 Å². The Morgan fingerprint density at radius 2 is 2.44 bits per heavy atom. The third-order valence-corrected chi connectivity index (χ3v) is 3.36. The maximum atomic E-state index is 12.3. The van der Waals surface area contributed by atoms with Gasteiger partial charge in [0, 0.05) is 13.1 Å². The first-order valence-electron chi connectivity index (χ1n) is 5.49. The van der Waals surface area contributed by atoms with E-state index in [-0.39, 0.29) is 12.5 Å². The maximum absolute atomic E-state index is 12.3. The van der Waals surface area contributed by atoms with Crippen LogP contribution in [0.3, 0.4) is 0 Å². The van der Waals surface area contributed by atoms with Crippen molar-refractivity contribution in [1.29, 1.82) is 0 Å². The lowest BCUT2D eigenvalue weighted by atomic mass is 10.3. The van der Waals surface area contributed by atoms with Gasteiger partial charge in [0.15, 0.2) is 0 Å². The number of carbonyl (C=O) groups is 1. The monoisotopic (exact) mass is 267 g/mol. The molecule has 0 aromatic carbocycles. The summed E-state index contributed by atoms with van der Waals surface area (Å²) in [6.45, 7) is 2.69. The smallest absolute Gasteiger partial charge is 0.266 e. The lowest BCUT2D eigenvalue weighted by molar-refractivity contribution is 0.0736. The summed E-state index contributed by atoms with van der Waals surface area (Å²) in [7, 11) is 0. The van der Waals surface area contributed by atoms with Crippen LogP contribution in [0.1, 0.15) is 16.6 Å². The van der Waals surface area contributed by atoms with Crippen molar-refractivity contribution in [2.24, 2.45) is 0 Å². The van der Waals surface area contributed by atoms with Gasteiger partial charge in [-0.2, -0.15) is 4.68 Å². The van der Waals surface area contributed by atoms with Crippen molar-refractivity contribution in [1.82, 2.24) is 25.1 Å². The third-order valence-electron chi connectivity index (χ3n) is 2.47. The Kier molecular flexibility index (Phi) is 4.00. The Balaban J connectivity index is 2.29. The summed E-state index contributed by atoms with van der Waals surface area (Å²) in [6, 6.07) is 1.79. The number of rotatable bonds is 5. The molecule has 8 heteroatoms. The standard InChI is InChI=1S/C10H13N5O2S/c1-2-14(4-5-16)10(17)9-8(3-6-18-9)15-7-11-12-13-15/h3,6-7,16H,2,4-5H2,1H3. The van der Waals surface area contributed by atoms with Crippen molar-refractivity contribution < 1.29 is 9.90 Å². The molecule has 0 spiro atoms. The molecule has 0 unspecified atom stereocenters. The van der Waals surface area contributed by atoms with E-state index in [1.54, 1.807) is 11.0 Å². The highest BCUT2D eigenvalue weighted by Gasteiger charge is 2.20. The van der Waals surface area contributed by atoms with E-state index in [2.05, 4.69) is 15.5 Å². The minimum Gasteiger partial charge on any atom is -0.395 e. The zero-order chi connectivity index (χ0) is 13.0. The number of aromatic nitrogens is 4. The van der Waals surface area contributed by atoms with Crippen LogP contribution in [-0.2, 0) is 0 Å². The number of nitrogens with zero attached hydrogens (tertiary/aromatic N) is 5. The van der Waals surface area contributed by atoms with E-state index in [0.29, 0.717) is 23.7 Å². The summed E-state index contributed by atoms with van der Waals surface area (Å²) >= 11 is 1.34. The predicted molar refractivity (Wildman–Crippen MR) is 65.7 cm³/mol. The van der Waals surface area contributed by atoms with Crippen LogP contribution < -0.4 is 0 Å². The average Bonchev–Trinajstić information content (AvgIpc) is 3.03. The van der Waals surface area contributed by atoms with Gasteiger partial charge in [-0.25, -0.2) is 0 Å². The van der Waals surface area contributed by atoms with Gasteiger partial charge in [-0.1, -0.05) is 0 Å². The predicted octanol–water partition coefficient (Wildman–Crippen LogP) is 0.178.